The fraction of sp³-hybridized carbons (Fsp3) is 0.0444. The van der Waals surface area contributed by atoms with Crippen LogP contribution >= 0.6 is 0 Å². The van der Waals surface area contributed by atoms with Crippen LogP contribution in [0.2, 0.25) is 0 Å². The van der Waals surface area contributed by atoms with Crippen molar-refractivity contribution in [1.82, 2.24) is 19.5 Å². The molecule has 3 aromatic heterocycles. The number of hydrogen-bond acceptors (Lipinski definition) is 4. The minimum atomic E-state index is 0.211. The topological polar surface area (TPSA) is 56.7 Å². The molecule has 6 aromatic carbocycles. The first-order valence-electron chi connectivity index (χ1n) is 17.0. The lowest BCUT2D eigenvalue weighted by molar-refractivity contribution is 0.669. The maximum absolute atomic E-state index is 6.23. The third-order valence-corrected chi connectivity index (χ3v) is 9.82. The van der Waals surface area contributed by atoms with Crippen LogP contribution in [-0.2, 0) is 6.42 Å². The Hall–Kier alpha value is -6.59. The average Bonchev–Trinajstić information content (AvgIpc) is 3.73. The molecule has 1 atom stereocenters. The summed E-state index contributed by atoms with van der Waals surface area (Å²) in [6.45, 7) is 0. The van der Waals surface area contributed by atoms with Gasteiger partial charge in [0.25, 0.3) is 0 Å². The Bertz CT molecular complexity index is 2740. The summed E-state index contributed by atoms with van der Waals surface area (Å²) in [4.78, 5) is 15.1. The van der Waals surface area contributed by atoms with Crippen molar-refractivity contribution in [1.29, 1.82) is 0 Å². The molecule has 1 unspecified atom stereocenters. The number of allylic oxidation sites excluding steroid dienone is 1. The molecule has 9 aromatic rings. The summed E-state index contributed by atoms with van der Waals surface area (Å²) in [6, 6.07) is 52.5. The molecule has 10 rings (SSSR count). The first kappa shape index (κ1) is 28.4. The monoisotopic (exact) mass is 642 g/mol. The van der Waals surface area contributed by atoms with Gasteiger partial charge in [0.15, 0.2) is 17.5 Å². The summed E-state index contributed by atoms with van der Waals surface area (Å²) in [7, 11) is 0. The lowest BCUT2D eigenvalue weighted by atomic mass is 9.86. The molecule has 0 spiro atoms. The maximum Gasteiger partial charge on any atom is 0.164 e. The highest BCUT2D eigenvalue weighted by Gasteiger charge is 2.24. The number of aromatic nitrogens is 4. The molecule has 0 saturated carbocycles. The zero-order valence-electron chi connectivity index (χ0n) is 27.1. The molecule has 3 heterocycles. The minimum absolute atomic E-state index is 0.211. The zero-order chi connectivity index (χ0) is 33.0. The van der Waals surface area contributed by atoms with Crippen molar-refractivity contribution >= 4 is 38.9 Å². The Morgan fingerprint density at radius 3 is 1.98 bits per heavy atom. The van der Waals surface area contributed by atoms with Gasteiger partial charge in [0.05, 0.1) is 5.52 Å². The van der Waals surface area contributed by atoms with Gasteiger partial charge in [-0.1, -0.05) is 115 Å². The number of rotatable bonds is 5. The Morgan fingerprint density at radius 1 is 0.520 bits per heavy atom. The van der Waals surface area contributed by atoms with Gasteiger partial charge in [0.2, 0.25) is 0 Å². The normalized spacial score (nSPS) is 14.0. The van der Waals surface area contributed by atoms with Crippen molar-refractivity contribution in [3.63, 3.8) is 0 Å². The molecular formula is C45H30N4O. The molecular weight excluding hydrogens is 613 g/mol. The molecule has 5 nitrogen and oxygen atoms in total. The van der Waals surface area contributed by atoms with E-state index in [0.717, 1.165) is 45.0 Å². The summed E-state index contributed by atoms with van der Waals surface area (Å²) in [5.41, 5.74) is 10.7. The second-order valence-electron chi connectivity index (χ2n) is 12.8. The smallest absolute Gasteiger partial charge is 0.164 e. The molecule has 1 aliphatic carbocycles. The van der Waals surface area contributed by atoms with Crippen LogP contribution in [0.5, 0.6) is 0 Å². The van der Waals surface area contributed by atoms with Gasteiger partial charge in [-0.05, 0) is 66.1 Å². The van der Waals surface area contributed by atoms with Gasteiger partial charge in [0.1, 0.15) is 11.2 Å². The highest BCUT2D eigenvalue weighted by Crippen LogP contribution is 2.39. The molecule has 0 saturated heterocycles. The van der Waals surface area contributed by atoms with Crippen LogP contribution in [-0.4, -0.2) is 19.5 Å². The molecule has 0 amide bonds. The predicted molar refractivity (Wildman–Crippen MR) is 202 cm³/mol. The largest absolute Gasteiger partial charge is 0.456 e. The Balaban J connectivity index is 1.06. The van der Waals surface area contributed by atoms with Gasteiger partial charge in [-0.25, -0.2) is 15.0 Å². The first-order chi connectivity index (χ1) is 24.8. The van der Waals surface area contributed by atoms with Gasteiger partial charge in [-0.2, -0.15) is 0 Å². The molecule has 0 radical (unpaired) electrons. The van der Waals surface area contributed by atoms with Crippen molar-refractivity contribution in [2.75, 3.05) is 0 Å². The van der Waals surface area contributed by atoms with Crippen LogP contribution in [0, 0.1) is 0 Å². The molecule has 5 heteroatoms. The molecule has 0 N–H and O–H groups in total. The van der Waals surface area contributed by atoms with E-state index >= 15 is 0 Å². The van der Waals surface area contributed by atoms with Crippen molar-refractivity contribution in [2.45, 2.75) is 12.3 Å². The Morgan fingerprint density at radius 2 is 1.16 bits per heavy atom. The average molecular weight is 643 g/mol. The number of benzene rings is 6. The first-order valence-corrected chi connectivity index (χ1v) is 17.0. The van der Waals surface area contributed by atoms with Crippen LogP contribution in [0.25, 0.3) is 78.8 Å². The van der Waals surface area contributed by atoms with Gasteiger partial charge in [-0.3, -0.25) is 0 Å². The van der Waals surface area contributed by atoms with Crippen LogP contribution in [0.3, 0.4) is 0 Å². The molecule has 0 bridgehead atoms. The summed E-state index contributed by atoms with van der Waals surface area (Å²) < 4.78 is 8.61. The lowest BCUT2D eigenvalue weighted by Gasteiger charge is -2.20. The Kier molecular flexibility index (Phi) is 6.56. The van der Waals surface area contributed by atoms with Gasteiger partial charge in [0, 0.05) is 50.1 Å². The second kappa shape index (κ2) is 11.5. The number of fused-ring (bicyclic) bond motifs is 6. The van der Waals surface area contributed by atoms with Crippen molar-refractivity contribution in [3.8, 4) is 39.9 Å². The number of nitrogens with zero attached hydrogens (tertiary/aromatic N) is 4. The quantitative estimate of drug-likeness (QED) is 0.187. The standard InChI is InChI=1S/C45H30N4O/c1-3-12-29(13-4-1)43-46-44(48-45(47-43)33-22-24-37-36-19-8-10-21-41(36)50-42(37)28-33)32-15-11-14-30(26-32)31-23-25-40-38(27-31)35-18-7-9-20-39(35)49(40)34-16-5-2-6-17-34/h1-26,28,31H,27H2. The van der Waals surface area contributed by atoms with Gasteiger partial charge < -0.3 is 8.98 Å². The summed E-state index contributed by atoms with van der Waals surface area (Å²) in [6.07, 6.45) is 5.55. The van der Waals surface area contributed by atoms with E-state index < -0.39 is 0 Å². The zero-order valence-corrected chi connectivity index (χ0v) is 27.1. The van der Waals surface area contributed by atoms with E-state index in [1.807, 2.05) is 54.6 Å². The maximum atomic E-state index is 6.23. The highest BCUT2D eigenvalue weighted by molar-refractivity contribution is 6.05. The van der Waals surface area contributed by atoms with Crippen molar-refractivity contribution in [2.24, 2.45) is 0 Å². The van der Waals surface area contributed by atoms with E-state index in [0.29, 0.717) is 17.5 Å². The van der Waals surface area contributed by atoms with E-state index in [1.54, 1.807) is 0 Å². The van der Waals surface area contributed by atoms with E-state index in [2.05, 4.69) is 114 Å². The van der Waals surface area contributed by atoms with E-state index in [4.69, 9.17) is 19.4 Å². The van der Waals surface area contributed by atoms with Crippen LogP contribution in [0.4, 0.5) is 0 Å². The van der Waals surface area contributed by atoms with Crippen molar-refractivity contribution < 1.29 is 4.42 Å². The van der Waals surface area contributed by atoms with E-state index in [-0.39, 0.29) is 5.92 Å². The number of para-hydroxylation sites is 3. The van der Waals surface area contributed by atoms with Gasteiger partial charge >= 0.3 is 0 Å². The summed E-state index contributed by atoms with van der Waals surface area (Å²) >= 11 is 0. The van der Waals surface area contributed by atoms with Crippen LogP contribution in [0.15, 0.2) is 162 Å². The second-order valence-corrected chi connectivity index (χ2v) is 12.8. The van der Waals surface area contributed by atoms with Crippen molar-refractivity contribution in [3.05, 3.63) is 175 Å². The van der Waals surface area contributed by atoms with E-state index in [1.165, 1.54) is 33.4 Å². The highest BCUT2D eigenvalue weighted by atomic mass is 16.3. The molecule has 50 heavy (non-hydrogen) atoms. The summed E-state index contributed by atoms with van der Waals surface area (Å²) in [5, 5.41) is 3.47. The fourth-order valence-corrected chi connectivity index (χ4v) is 7.42. The lowest BCUT2D eigenvalue weighted by Crippen LogP contribution is -2.07. The molecule has 0 aliphatic heterocycles. The SMILES string of the molecule is C1=CC(c2cccc(-c3nc(-c4ccccc4)nc(-c4ccc5c(c4)oc4ccccc45)n3)c2)Cc2c1n(-c1ccccc1)c1ccccc21. The van der Waals surface area contributed by atoms with Crippen LogP contribution < -0.4 is 0 Å². The third kappa shape index (κ3) is 4.74. The minimum Gasteiger partial charge on any atom is -0.456 e. The molecule has 0 fully saturated rings. The summed E-state index contributed by atoms with van der Waals surface area (Å²) in [5.74, 6) is 2.10. The fourth-order valence-electron chi connectivity index (χ4n) is 7.42. The third-order valence-electron chi connectivity index (χ3n) is 9.82. The van der Waals surface area contributed by atoms with Gasteiger partial charge in [-0.15, -0.1) is 0 Å². The molecule has 236 valence electrons. The molecule has 1 aliphatic rings. The predicted octanol–water partition coefficient (Wildman–Crippen LogP) is 11.1. The van der Waals surface area contributed by atoms with Crippen LogP contribution in [0.1, 0.15) is 22.7 Å². The number of furan rings is 1. The Labute approximate surface area is 288 Å². The van der Waals surface area contributed by atoms with E-state index in [9.17, 15) is 0 Å². The number of hydrogen-bond donors (Lipinski definition) is 0.